The molecule has 0 bridgehead atoms. The van der Waals surface area contributed by atoms with Crippen molar-refractivity contribution < 1.29 is 19.8 Å². The standard InChI is InChI=1S/C30H48O4/c1-21(2)10-8-12-25(29(33)34)13-9-11-22(3)14-17-26-18-16-24(5)27(30(26,6)7)19-15-23(4)20-28(31)32/h10,14,20,25-27H,5,8-9,11-13,15-19H2,1-4,6-7H3,(H,31,32)(H,33,34)/b22-14+,23-20+/t25?,26-,27+/m1/s1. The number of carbonyl (C=O) groups is 2. The maximum atomic E-state index is 11.6. The van der Waals surface area contributed by atoms with Crippen LogP contribution in [0.2, 0.25) is 0 Å². The van der Waals surface area contributed by atoms with Crippen LogP contribution < -0.4 is 0 Å². The number of aliphatic carboxylic acids is 2. The minimum absolute atomic E-state index is 0.120. The lowest BCUT2D eigenvalue weighted by atomic mass is 9.58. The minimum atomic E-state index is -0.875. The summed E-state index contributed by atoms with van der Waals surface area (Å²) in [6.07, 6.45) is 14.9. The van der Waals surface area contributed by atoms with E-state index in [0.29, 0.717) is 18.3 Å². The molecule has 1 aliphatic carbocycles. The molecule has 0 aromatic rings. The van der Waals surface area contributed by atoms with Crippen LogP contribution in [0.25, 0.3) is 0 Å². The van der Waals surface area contributed by atoms with Gasteiger partial charge in [-0.15, -0.1) is 0 Å². The van der Waals surface area contributed by atoms with Crippen LogP contribution in [0.3, 0.4) is 0 Å². The SMILES string of the molecule is C=C1CC[C@@H](C/C=C(\C)CCCC(CCC=C(C)C)C(=O)O)C(C)(C)[C@H]1CC/C(C)=C/C(=O)O. The van der Waals surface area contributed by atoms with Gasteiger partial charge in [0.25, 0.3) is 0 Å². The summed E-state index contributed by atoms with van der Waals surface area (Å²) >= 11 is 0. The second-order valence-electron chi connectivity index (χ2n) is 11.2. The maximum Gasteiger partial charge on any atom is 0.328 e. The van der Waals surface area contributed by atoms with Crippen molar-refractivity contribution in [1.82, 2.24) is 0 Å². The molecule has 4 heteroatoms. The van der Waals surface area contributed by atoms with Crippen molar-refractivity contribution in [3.8, 4) is 0 Å². The van der Waals surface area contributed by atoms with Crippen LogP contribution >= 0.6 is 0 Å². The predicted molar refractivity (Wildman–Crippen MR) is 142 cm³/mol. The lowest BCUT2D eigenvalue weighted by Gasteiger charge is -2.47. The van der Waals surface area contributed by atoms with E-state index in [2.05, 4.69) is 39.5 Å². The zero-order valence-electron chi connectivity index (χ0n) is 22.5. The van der Waals surface area contributed by atoms with Crippen molar-refractivity contribution in [2.24, 2.45) is 23.2 Å². The van der Waals surface area contributed by atoms with Gasteiger partial charge < -0.3 is 10.2 Å². The van der Waals surface area contributed by atoms with Gasteiger partial charge in [0.2, 0.25) is 0 Å². The molecule has 0 spiro atoms. The molecule has 2 N–H and O–H groups in total. The Bertz CT molecular complexity index is 793. The lowest BCUT2D eigenvalue weighted by Crippen LogP contribution is -2.37. The summed E-state index contributed by atoms with van der Waals surface area (Å²) in [6, 6.07) is 0. The number of allylic oxidation sites excluding steroid dienone is 6. The molecule has 1 unspecified atom stereocenters. The molecule has 4 nitrogen and oxygen atoms in total. The molecular weight excluding hydrogens is 424 g/mol. The highest BCUT2D eigenvalue weighted by atomic mass is 16.4. The Hall–Kier alpha value is -2.10. The van der Waals surface area contributed by atoms with Gasteiger partial charge in [-0.05, 0) is 109 Å². The van der Waals surface area contributed by atoms with Crippen LogP contribution in [0.1, 0.15) is 106 Å². The highest BCUT2D eigenvalue weighted by Gasteiger charge is 2.40. The Kier molecular flexibility index (Phi) is 12.6. The van der Waals surface area contributed by atoms with Gasteiger partial charge in [0.15, 0.2) is 0 Å². The number of hydrogen-bond acceptors (Lipinski definition) is 2. The van der Waals surface area contributed by atoms with Crippen LogP contribution in [0.15, 0.2) is 47.1 Å². The third-order valence-electron chi connectivity index (χ3n) is 7.75. The number of carboxylic acid groups (broad SMARTS) is 2. The summed E-state index contributed by atoms with van der Waals surface area (Å²) in [4.78, 5) is 22.5. The van der Waals surface area contributed by atoms with Gasteiger partial charge in [-0.3, -0.25) is 4.79 Å². The third-order valence-corrected chi connectivity index (χ3v) is 7.75. The predicted octanol–water partition coefficient (Wildman–Crippen LogP) is 8.36. The van der Waals surface area contributed by atoms with Crippen molar-refractivity contribution in [2.75, 3.05) is 0 Å². The second kappa shape index (κ2) is 14.3. The van der Waals surface area contributed by atoms with E-state index in [1.165, 1.54) is 22.8 Å². The summed E-state index contributed by atoms with van der Waals surface area (Å²) in [5, 5.41) is 18.5. The highest BCUT2D eigenvalue weighted by molar-refractivity contribution is 5.80. The molecule has 1 aliphatic rings. The van der Waals surface area contributed by atoms with Crippen molar-refractivity contribution in [3.05, 3.63) is 47.1 Å². The van der Waals surface area contributed by atoms with E-state index >= 15 is 0 Å². The molecule has 0 radical (unpaired) electrons. The first-order chi connectivity index (χ1) is 15.8. The molecule has 0 aromatic carbocycles. The molecular formula is C30H48O4. The van der Waals surface area contributed by atoms with Crippen LogP contribution in [0.5, 0.6) is 0 Å². The van der Waals surface area contributed by atoms with Crippen LogP contribution in [-0.2, 0) is 9.59 Å². The Morgan fingerprint density at radius 3 is 2.32 bits per heavy atom. The van der Waals surface area contributed by atoms with Crippen molar-refractivity contribution >= 4 is 11.9 Å². The van der Waals surface area contributed by atoms with Crippen molar-refractivity contribution in [1.29, 1.82) is 0 Å². The lowest BCUT2D eigenvalue weighted by molar-refractivity contribution is -0.142. The largest absolute Gasteiger partial charge is 0.481 e. The normalized spacial score (nSPS) is 21.8. The molecule has 192 valence electrons. The quantitative estimate of drug-likeness (QED) is 0.197. The van der Waals surface area contributed by atoms with Crippen LogP contribution in [-0.4, -0.2) is 22.2 Å². The summed E-state index contributed by atoms with van der Waals surface area (Å²) in [5.74, 6) is -0.842. The average molecular weight is 473 g/mol. The van der Waals surface area contributed by atoms with E-state index in [9.17, 15) is 14.7 Å². The molecule has 0 saturated heterocycles. The molecule has 0 heterocycles. The Balaban J connectivity index is 2.63. The first kappa shape index (κ1) is 29.9. The molecule has 0 amide bonds. The first-order valence-electron chi connectivity index (χ1n) is 12.9. The summed E-state index contributed by atoms with van der Waals surface area (Å²) in [7, 11) is 0. The topological polar surface area (TPSA) is 74.6 Å². The van der Waals surface area contributed by atoms with Gasteiger partial charge in [-0.1, -0.05) is 54.9 Å². The Morgan fingerprint density at radius 1 is 1.06 bits per heavy atom. The average Bonchev–Trinajstić information content (AvgIpc) is 2.70. The Labute approximate surface area is 207 Å². The molecule has 3 atom stereocenters. The number of hydrogen-bond donors (Lipinski definition) is 2. The third kappa shape index (κ3) is 10.4. The fourth-order valence-corrected chi connectivity index (χ4v) is 5.41. The van der Waals surface area contributed by atoms with E-state index < -0.39 is 11.9 Å². The summed E-state index contributed by atoms with van der Waals surface area (Å²) in [5.41, 5.74) is 4.93. The molecule has 1 rings (SSSR count). The maximum absolute atomic E-state index is 11.6. The van der Waals surface area contributed by atoms with Gasteiger partial charge >= 0.3 is 11.9 Å². The van der Waals surface area contributed by atoms with E-state index in [4.69, 9.17) is 5.11 Å². The number of carboxylic acids is 2. The van der Waals surface area contributed by atoms with E-state index in [-0.39, 0.29) is 11.3 Å². The van der Waals surface area contributed by atoms with Crippen molar-refractivity contribution in [3.63, 3.8) is 0 Å². The first-order valence-corrected chi connectivity index (χ1v) is 12.9. The molecule has 0 aromatic heterocycles. The van der Waals surface area contributed by atoms with E-state index in [0.717, 1.165) is 63.4 Å². The zero-order chi connectivity index (χ0) is 25.9. The zero-order valence-corrected chi connectivity index (χ0v) is 22.5. The van der Waals surface area contributed by atoms with Crippen LogP contribution in [0.4, 0.5) is 0 Å². The van der Waals surface area contributed by atoms with Crippen LogP contribution in [0, 0.1) is 23.2 Å². The van der Waals surface area contributed by atoms with Gasteiger partial charge in [0.1, 0.15) is 0 Å². The monoisotopic (exact) mass is 472 g/mol. The van der Waals surface area contributed by atoms with Gasteiger partial charge in [-0.2, -0.15) is 0 Å². The fourth-order valence-electron chi connectivity index (χ4n) is 5.41. The highest BCUT2D eigenvalue weighted by Crippen LogP contribution is 2.50. The molecule has 1 fully saturated rings. The smallest absolute Gasteiger partial charge is 0.328 e. The minimum Gasteiger partial charge on any atom is -0.481 e. The van der Waals surface area contributed by atoms with E-state index in [1.807, 2.05) is 20.8 Å². The summed E-state index contributed by atoms with van der Waals surface area (Å²) < 4.78 is 0. The fraction of sp³-hybridized carbons (Fsp3) is 0.667. The van der Waals surface area contributed by atoms with E-state index in [1.54, 1.807) is 0 Å². The number of rotatable bonds is 14. The molecule has 1 saturated carbocycles. The molecule has 0 aliphatic heterocycles. The summed E-state index contributed by atoms with van der Waals surface area (Å²) in [6.45, 7) is 17.2. The van der Waals surface area contributed by atoms with Gasteiger partial charge in [0, 0.05) is 6.08 Å². The van der Waals surface area contributed by atoms with Crippen molar-refractivity contribution in [2.45, 2.75) is 106 Å². The van der Waals surface area contributed by atoms with Gasteiger partial charge in [-0.25, -0.2) is 4.79 Å². The second-order valence-corrected chi connectivity index (χ2v) is 11.2. The van der Waals surface area contributed by atoms with Gasteiger partial charge in [0.05, 0.1) is 5.92 Å². The molecule has 34 heavy (non-hydrogen) atoms. The Morgan fingerprint density at radius 2 is 1.74 bits per heavy atom.